The van der Waals surface area contributed by atoms with Crippen molar-refractivity contribution in [3.63, 3.8) is 0 Å². The van der Waals surface area contributed by atoms with Crippen LogP contribution < -0.4 is 10.2 Å². The molecular weight excluding hydrogens is 240 g/mol. The maximum atomic E-state index is 11.7. The van der Waals surface area contributed by atoms with Crippen LogP contribution in [0.25, 0.3) is 0 Å². The third-order valence-corrected chi connectivity index (χ3v) is 3.64. The quantitative estimate of drug-likeness (QED) is 0.867. The van der Waals surface area contributed by atoms with Crippen LogP contribution in [-0.4, -0.2) is 30.7 Å². The zero-order valence-electron chi connectivity index (χ0n) is 11.6. The predicted octanol–water partition coefficient (Wildman–Crippen LogP) is 1.63. The number of fused-ring (bicyclic) bond motifs is 1. The Labute approximate surface area is 114 Å². The Balaban J connectivity index is 2.35. The van der Waals surface area contributed by atoms with Crippen molar-refractivity contribution in [2.75, 3.05) is 24.6 Å². The number of aryl methyl sites for hydroxylation is 1. The standard InChI is InChI=1S/C15H22N2O2/c1-3-16-14(10-18)13-7-6-12-5-4-8-17(11(2)19)15(12)9-13/h6-7,9,14,16,18H,3-5,8,10H2,1-2H3. The lowest BCUT2D eigenvalue weighted by Gasteiger charge is -2.30. The van der Waals surface area contributed by atoms with Gasteiger partial charge in [-0.2, -0.15) is 0 Å². The van der Waals surface area contributed by atoms with E-state index >= 15 is 0 Å². The summed E-state index contributed by atoms with van der Waals surface area (Å²) in [7, 11) is 0. The van der Waals surface area contributed by atoms with Crippen LogP contribution in [0.5, 0.6) is 0 Å². The minimum Gasteiger partial charge on any atom is -0.394 e. The Kier molecular flexibility index (Phi) is 4.56. The van der Waals surface area contributed by atoms with Gasteiger partial charge in [0.1, 0.15) is 0 Å². The fourth-order valence-corrected chi connectivity index (χ4v) is 2.67. The molecule has 104 valence electrons. The summed E-state index contributed by atoms with van der Waals surface area (Å²) in [6.45, 7) is 5.28. The first-order valence-electron chi connectivity index (χ1n) is 6.92. The van der Waals surface area contributed by atoms with Crippen molar-refractivity contribution in [2.24, 2.45) is 0 Å². The van der Waals surface area contributed by atoms with Crippen LogP contribution in [0.1, 0.15) is 37.4 Å². The molecule has 0 saturated carbocycles. The summed E-state index contributed by atoms with van der Waals surface area (Å²) in [6, 6.07) is 6.11. The number of amides is 1. The highest BCUT2D eigenvalue weighted by molar-refractivity contribution is 5.92. The van der Waals surface area contributed by atoms with Crippen LogP contribution in [0.2, 0.25) is 0 Å². The number of carbonyl (C=O) groups excluding carboxylic acids is 1. The molecule has 0 radical (unpaired) electrons. The molecule has 1 atom stereocenters. The molecular formula is C15H22N2O2. The van der Waals surface area contributed by atoms with Gasteiger partial charge in [0, 0.05) is 19.2 Å². The Morgan fingerprint density at radius 3 is 2.95 bits per heavy atom. The van der Waals surface area contributed by atoms with Crippen LogP contribution >= 0.6 is 0 Å². The highest BCUT2D eigenvalue weighted by Gasteiger charge is 2.21. The molecule has 0 fully saturated rings. The summed E-state index contributed by atoms with van der Waals surface area (Å²) in [6.07, 6.45) is 2.03. The summed E-state index contributed by atoms with van der Waals surface area (Å²) >= 11 is 0. The second-order valence-electron chi connectivity index (χ2n) is 4.96. The minimum absolute atomic E-state index is 0.0622. The zero-order valence-corrected chi connectivity index (χ0v) is 11.6. The Bertz CT molecular complexity index is 459. The van der Waals surface area contributed by atoms with E-state index in [0.29, 0.717) is 0 Å². The van der Waals surface area contributed by atoms with Gasteiger partial charge >= 0.3 is 0 Å². The largest absolute Gasteiger partial charge is 0.394 e. The van der Waals surface area contributed by atoms with Crippen LogP contribution in [-0.2, 0) is 11.2 Å². The number of hydrogen-bond donors (Lipinski definition) is 2. The number of anilines is 1. The first-order valence-corrected chi connectivity index (χ1v) is 6.92. The Morgan fingerprint density at radius 1 is 1.53 bits per heavy atom. The molecule has 1 aliphatic heterocycles. The van der Waals surface area contributed by atoms with Gasteiger partial charge in [0.15, 0.2) is 0 Å². The molecule has 0 aliphatic carbocycles. The third kappa shape index (κ3) is 2.96. The third-order valence-electron chi connectivity index (χ3n) is 3.64. The first-order chi connectivity index (χ1) is 9.17. The van der Waals surface area contributed by atoms with Gasteiger partial charge in [-0.3, -0.25) is 4.79 Å². The average Bonchev–Trinajstić information content (AvgIpc) is 2.43. The molecule has 0 aromatic heterocycles. The summed E-state index contributed by atoms with van der Waals surface area (Å²) in [5.74, 6) is 0.0853. The van der Waals surface area contributed by atoms with E-state index in [9.17, 15) is 9.90 Å². The molecule has 1 aromatic rings. The van der Waals surface area contributed by atoms with Crippen molar-refractivity contribution in [3.05, 3.63) is 29.3 Å². The van der Waals surface area contributed by atoms with Crippen LogP contribution in [0.3, 0.4) is 0 Å². The number of rotatable bonds is 4. The maximum Gasteiger partial charge on any atom is 0.223 e. The van der Waals surface area contributed by atoms with Crippen LogP contribution in [0.4, 0.5) is 5.69 Å². The Hall–Kier alpha value is -1.39. The summed E-state index contributed by atoms with van der Waals surface area (Å²) in [5.41, 5.74) is 3.27. The molecule has 1 heterocycles. The fourth-order valence-electron chi connectivity index (χ4n) is 2.67. The molecule has 1 aliphatic rings. The molecule has 1 unspecified atom stereocenters. The van der Waals surface area contributed by atoms with Crippen molar-refractivity contribution < 1.29 is 9.90 Å². The van der Waals surface area contributed by atoms with Gasteiger partial charge in [0.2, 0.25) is 5.91 Å². The molecule has 4 heteroatoms. The number of benzene rings is 1. The lowest BCUT2D eigenvalue weighted by molar-refractivity contribution is -0.116. The number of nitrogens with zero attached hydrogens (tertiary/aromatic N) is 1. The van der Waals surface area contributed by atoms with Gasteiger partial charge in [0.25, 0.3) is 0 Å². The SMILES string of the molecule is CCNC(CO)c1ccc2c(c1)N(C(C)=O)CCC2. The average molecular weight is 262 g/mol. The number of carbonyl (C=O) groups is 1. The van der Waals surface area contributed by atoms with Crippen molar-refractivity contribution in [1.82, 2.24) is 5.32 Å². The predicted molar refractivity (Wildman–Crippen MR) is 76.3 cm³/mol. The molecule has 0 bridgehead atoms. The number of aliphatic hydroxyl groups is 1. The van der Waals surface area contributed by atoms with E-state index in [2.05, 4.69) is 11.4 Å². The number of aliphatic hydroxyl groups excluding tert-OH is 1. The summed E-state index contributed by atoms with van der Waals surface area (Å²) in [4.78, 5) is 13.5. The molecule has 1 amide bonds. The van der Waals surface area contributed by atoms with Crippen LogP contribution in [0, 0.1) is 0 Å². The first kappa shape index (κ1) is 14.0. The molecule has 0 saturated heterocycles. The second-order valence-corrected chi connectivity index (χ2v) is 4.96. The molecule has 2 rings (SSSR count). The number of hydrogen-bond acceptors (Lipinski definition) is 3. The van der Waals surface area contributed by atoms with Gasteiger partial charge in [0.05, 0.1) is 12.6 Å². The van der Waals surface area contributed by atoms with Gasteiger partial charge < -0.3 is 15.3 Å². The van der Waals surface area contributed by atoms with Gasteiger partial charge in [-0.25, -0.2) is 0 Å². The van der Waals surface area contributed by atoms with Crippen molar-refractivity contribution in [3.8, 4) is 0 Å². The Morgan fingerprint density at radius 2 is 2.32 bits per heavy atom. The molecule has 2 N–H and O–H groups in total. The summed E-state index contributed by atoms with van der Waals surface area (Å²) < 4.78 is 0. The topological polar surface area (TPSA) is 52.6 Å². The number of nitrogens with one attached hydrogen (secondary N) is 1. The normalized spacial score (nSPS) is 16.1. The molecule has 0 spiro atoms. The maximum absolute atomic E-state index is 11.7. The van der Waals surface area contributed by atoms with E-state index in [1.165, 1.54) is 5.56 Å². The number of likely N-dealkylation sites (N-methyl/N-ethyl adjacent to an activating group) is 1. The van der Waals surface area contributed by atoms with E-state index in [0.717, 1.165) is 37.2 Å². The minimum atomic E-state index is -0.0639. The molecule has 4 nitrogen and oxygen atoms in total. The van der Waals surface area contributed by atoms with E-state index in [1.54, 1.807) is 6.92 Å². The van der Waals surface area contributed by atoms with E-state index in [4.69, 9.17) is 0 Å². The lowest BCUT2D eigenvalue weighted by atomic mass is 9.97. The van der Waals surface area contributed by atoms with E-state index in [1.807, 2.05) is 24.0 Å². The fraction of sp³-hybridized carbons (Fsp3) is 0.533. The highest BCUT2D eigenvalue weighted by atomic mass is 16.3. The molecule has 1 aromatic carbocycles. The molecule has 19 heavy (non-hydrogen) atoms. The van der Waals surface area contributed by atoms with Crippen molar-refractivity contribution >= 4 is 11.6 Å². The monoisotopic (exact) mass is 262 g/mol. The van der Waals surface area contributed by atoms with Crippen molar-refractivity contribution in [2.45, 2.75) is 32.7 Å². The smallest absolute Gasteiger partial charge is 0.223 e. The van der Waals surface area contributed by atoms with Gasteiger partial charge in [-0.15, -0.1) is 0 Å². The van der Waals surface area contributed by atoms with Crippen molar-refractivity contribution in [1.29, 1.82) is 0 Å². The van der Waals surface area contributed by atoms with Crippen LogP contribution in [0.15, 0.2) is 18.2 Å². The van der Waals surface area contributed by atoms with E-state index in [-0.39, 0.29) is 18.6 Å². The van der Waals surface area contributed by atoms with Gasteiger partial charge in [-0.1, -0.05) is 19.1 Å². The second kappa shape index (κ2) is 6.17. The van der Waals surface area contributed by atoms with E-state index < -0.39 is 0 Å². The highest BCUT2D eigenvalue weighted by Crippen LogP contribution is 2.30. The van der Waals surface area contributed by atoms with Gasteiger partial charge in [-0.05, 0) is 36.6 Å². The lowest BCUT2D eigenvalue weighted by Crippen LogP contribution is -2.34. The zero-order chi connectivity index (χ0) is 13.8. The summed E-state index contributed by atoms with van der Waals surface area (Å²) in [5, 5.41) is 12.7.